The van der Waals surface area contributed by atoms with Crippen LogP contribution in [-0.4, -0.2) is 5.88 Å². The van der Waals surface area contributed by atoms with Crippen LogP contribution in [0.4, 0.5) is 0 Å². The highest BCUT2D eigenvalue weighted by Crippen LogP contribution is 2.12. The summed E-state index contributed by atoms with van der Waals surface area (Å²) in [6.07, 6.45) is 17.8. The van der Waals surface area contributed by atoms with Crippen molar-refractivity contribution < 1.29 is 0 Å². The summed E-state index contributed by atoms with van der Waals surface area (Å²) in [6, 6.07) is 0. The largest absolute Gasteiger partial charge is 0.127 e. The first kappa shape index (κ1) is 16.3. The number of alkyl halides is 1. The summed E-state index contributed by atoms with van der Waals surface area (Å²) in [7, 11) is 0. The van der Waals surface area contributed by atoms with Crippen molar-refractivity contribution >= 4 is 11.6 Å². The van der Waals surface area contributed by atoms with Crippen LogP contribution in [0, 0.1) is 6.92 Å². The zero-order valence-electron chi connectivity index (χ0n) is 11.0. The minimum absolute atomic E-state index is 0.841. The molecule has 97 valence electrons. The number of unbranched alkanes of at least 4 members (excludes halogenated alkanes) is 12. The van der Waals surface area contributed by atoms with Crippen LogP contribution in [0.15, 0.2) is 0 Å². The van der Waals surface area contributed by atoms with E-state index in [1.165, 1.54) is 77.0 Å². The van der Waals surface area contributed by atoms with Crippen LogP contribution in [0.1, 0.15) is 83.5 Å². The first-order valence-corrected chi connectivity index (χ1v) is 7.80. The molecule has 0 aromatic heterocycles. The standard InChI is InChI=1S/C15H30Cl/c1-2-3-4-5-6-7-8-9-10-11-12-13-14-15-16/h1-15H2. The predicted octanol–water partition coefficient (Wildman–Crippen LogP) is 6.13. The van der Waals surface area contributed by atoms with Crippen molar-refractivity contribution in [3.63, 3.8) is 0 Å². The highest BCUT2D eigenvalue weighted by molar-refractivity contribution is 6.17. The Morgan fingerprint density at radius 2 is 0.812 bits per heavy atom. The molecule has 1 heteroatoms. The molecule has 0 atom stereocenters. The lowest BCUT2D eigenvalue weighted by Gasteiger charge is -2.02. The van der Waals surface area contributed by atoms with Crippen LogP contribution in [-0.2, 0) is 0 Å². The summed E-state index contributed by atoms with van der Waals surface area (Å²) in [4.78, 5) is 0. The predicted molar refractivity (Wildman–Crippen MR) is 76.1 cm³/mol. The molecule has 0 aliphatic rings. The maximum atomic E-state index is 5.63. The smallest absolute Gasteiger partial charge is 0.0223 e. The van der Waals surface area contributed by atoms with Crippen molar-refractivity contribution in [3.05, 3.63) is 6.92 Å². The molecule has 0 rings (SSSR count). The molecule has 0 aliphatic heterocycles. The SMILES string of the molecule is [CH2]CCCCCCCCCCCCCCCl. The monoisotopic (exact) mass is 245 g/mol. The van der Waals surface area contributed by atoms with E-state index in [1.54, 1.807) is 0 Å². The van der Waals surface area contributed by atoms with Crippen molar-refractivity contribution in [1.82, 2.24) is 0 Å². The summed E-state index contributed by atoms with van der Waals surface area (Å²) in [5.74, 6) is 0.841. The third-order valence-corrected chi connectivity index (χ3v) is 3.40. The number of hydrogen-bond donors (Lipinski definition) is 0. The summed E-state index contributed by atoms with van der Waals surface area (Å²) < 4.78 is 0. The second-order valence-corrected chi connectivity index (χ2v) is 5.16. The molecular formula is C15H30Cl. The van der Waals surface area contributed by atoms with E-state index in [-0.39, 0.29) is 0 Å². The van der Waals surface area contributed by atoms with E-state index in [4.69, 9.17) is 11.6 Å². The molecule has 0 N–H and O–H groups in total. The fraction of sp³-hybridized carbons (Fsp3) is 0.933. The maximum absolute atomic E-state index is 5.63. The van der Waals surface area contributed by atoms with Gasteiger partial charge in [-0.05, 0) is 6.42 Å². The second kappa shape index (κ2) is 15.3. The highest BCUT2D eigenvalue weighted by Gasteiger charge is 1.93. The molecule has 0 saturated carbocycles. The highest BCUT2D eigenvalue weighted by atomic mass is 35.5. The van der Waals surface area contributed by atoms with Gasteiger partial charge in [-0.1, -0.05) is 84.0 Å². The third-order valence-electron chi connectivity index (χ3n) is 3.13. The van der Waals surface area contributed by atoms with Gasteiger partial charge in [0.1, 0.15) is 0 Å². The molecule has 0 nitrogen and oxygen atoms in total. The maximum Gasteiger partial charge on any atom is 0.0223 e. The molecule has 0 aromatic rings. The van der Waals surface area contributed by atoms with Gasteiger partial charge in [0.2, 0.25) is 0 Å². The summed E-state index contributed by atoms with van der Waals surface area (Å²) in [5.41, 5.74) is 0. The van der Waals surface area contributed by atoms with Gasteiger partial charge >= 0.3 is 0 Å². The van der Waals surface area contributed by atoms with Crippen LogP contribution in [0.2, 0.25) is 0 Å². The fourth-order valence-electron chi connectivity index (χ4n) is 2.04. The van der Waals surface area contributed by atoms with E-state index < -0.39 is 0 Å². The molecule has 0 saturated heterocycles. The van der Waals surface area contributed by atoms with E-state index in [0.717, 1.165) is 12.3 Å². The Labute approximate surface area is 108 Å². The van der Waals surface area contributed by atoms with E-state index >= 15 is 0 Å². The van der Waals surface area contributed by atoms with Crippen LogP contribution in [0.5, 0.6) is 0 Å². The molecule has 0 spiro atoms. The van der Waals surface area contributed by atoms with Crippen molar-refractivity contribution in [3.8, 4) is 0 Å². The Hall–Kier alpha value is 0.290. The van der Waals surface area contributed by atoms with Crippen LogP contribution in [0.3, 0.4) is 0 Å². The minimum atomic E-state index is 0.841. The van der Waals surface area contributed by atoms with Crippen molar-refractivity contribution in [2.45, 2.75) is 83.5 Å². The molecule has 1 radical (unpaired) electrons. The molecular weight excluding hydrogens is 216 g/mol. The van der Waals surface area contributed by atoms with Gasteiger partial charge in [-0.25, -0.2) is 0 Å². The normalized spacial score (nSPS) is 10.9. The van der Waals surface area contributed by atoms with E-state index in [2.05, 4.69) is 6.92 Å². The Balaban J connectivity index is 2.83. The summed E-state index contributed by atoms with van der Waals surface area (Å²) in [5, 5.41) is 0. The minimum Gasteiger partial charge on any atom is -0.127 e. The average Bonchev–Trinajstić information content (AvgIpc) is 2.31. The van der Waals surface area contributed by atoms with E-state index in [0.29, 0.717) is 0 Å². The quantitative estimate of drug-likeness (QED) is 0.270. The van der Waals surface area contributed by atoms with Gasteiger partial charge in [0.05, 0.1) is 0 Å². The van der Waals surface area contributed by atoms with E-state index in [1.807, 2.05) is 0 Å². The van der Waals surface area contributed by atoms with Gasteiger partial charge in [-0.3, -0.25) is 0 Å². The summed E-state index contributed by atoms with van der Waals surface area (Å²) >= 11 is 5.63. The average molecular weight is 246 g/mol. The molecule has 0 heterocycles. The van der Waals surface area contributed by atoms with Gasteiger partial charge in [0, 0.05) is 5.88 Å². The molecule has 0 amide bonds. The lowest BCUT2D eigenvalue weighted by Crippen LogP contribution is -1.83. The van der Waals surface area contributed by atoms with Crippen LogP contribution < -0.4 is 0 Å². The molecule has 16 heavy (non-hydrogen) atoms. The number of hydrogen-bond acceptors (Lipinski definition) is 0. The van der Waals surface area contributed by atoms with Crippen molar-refractivity contribution in [2.24, 2.45) is 0 Å². The Kier molecular flexibility index (Phi) is 15.6. The van der Waals surface area contributed by atoms with Crippen LogP contribution in [0.25, 0.3) is 0 Å². The lowest BCUT2D eigenvalue weighted by molar-refractivity contribution is 0.545. The van der Waals surface area contributed by atoms with Gasteiger partial charge in [0.25, 0.3) is 0 Å². The Morgan fingerprint density at radius 1 is 0.500 bits per heavy atom. The zero-order valence-corrected chi connectivity index (χ0v) is 11.7. The first-order valence-electron chi connectivity index (χ1n) is 7.27. The van der Waals surface area contributed by atoms with Crippen LogP contribution >= 0.6 is 11.6 Å². The molecule has 0 unspecified atom stereocenters. The third kappa shape index (κ3) is 14.3. The first-order chi connectivity index (χ1) is 7.91. The number of rotatable bonds is 13. The fourth-order valence-corrected chi connectivity index (χ4v) is 2.23. The van der Waals surface area contributed by atoms with Crippen molar-refractivity contribution in [1.29, 1.82) is 0 Å². The molecule has 0 aliphatic carbocycles. The molecule has 0 aromatic carbocycles. The second-order valence-electron chi connectivity index (χ2n) is 4.79. The molecule has 0 fully saturated rings. The Bertz CT molecular complexity index is 98.0. The van der Waals surface area contributed by atoms with Gasteiger partial charge < -0.3 is 0 Å². The Morgan fingerprint density at radius 3 is 1.12 bits per heavy atom. The van der Waals surface area contributed by atoms with Crippen molar-refractivity contribution in [2.75, 3.05) is 5.88 Å². The van der Waals surface area contributed by atoms with Gasteiger partial charge in [0.15, 0.2) is 0 Å². The summed E-state index contributed by atoms with van der Waals surface area (Å²) in [6.45, 7) is 3.87. The van der Waals surface area contributed by atoms with Gasteiger partial charge in [-0.2, -0.15) is 0 Å². The molecule has 0 bridgehead atoms. The van der Waals surface area contributed by atoms with E-state index in [9.17, 15) is 0 Å². The topological polar surface area (TPSA) is 0 Å². The zero-order chi connectivity index (χ0) is 11.9. The lowest BCUT2D eigenvalue weighted by atomic mass is 10.1. The number of halogens is 1. The van der Waals surface area contributed by atoms with Gasteiger partial charge in [-0.15, -0.1) is 11.6 Å².